The molecule has 26 heavy (non-hydrogen) atoms. The van der Waals surface area contributed by atoms with Gasteiger partial charge in [-0.2, -0.15) is 13.2 Å². The average molecular weight is 370 g/mol. The third kappa shape index (κ3) is 3.39. The Morgan fingerprint density at radius 2 is 1.96 bits per heavy atom. The van der Waals surface area contributed by atoms with Gasteiger partial charge in [0.05, 0.1) is 6.20 Å². The molecule has 0 saturated carbocycles. The minimum atomic E-state index is -4.67. The second-order valence-electron chi connectivity index (χ2n) is 5.91. The number of fused-ring (bicyclic) bond motifs is 1. The predicted octanol–water partition coefficient (Wildman–Crippen LogP) is 2.52. The van der Waals surface area contributed by atoms with Crippen molar-refractivity contribution in [3.8, 4) is 0 Å². The second kappa shape index (κ2) is 6.43. The molecule has 0 fully saturated rings. The minimum Gasteiger partial charge on any atom is -0.325 e. The number of rotatable bonds is 3. The Kier molecular flexibility index (Phi) is 4.43. The third-order valence-corrected chi connectivity index (χ3v) is 4.01. The highest BCUT2D eigenvalue weighted by Gasteiger charge is 2.42. The highest BCUT2D eigenvalue weighted by atomic mass is 19.4. The van der Waals surface area contributed by atoms with E-state index in [0.29, 0.717) is 5.69 Å². The van der Waals surface area contributed by atoms with Gasteiger partial charge < -0.3 is 14.8 Å². The van der Waals surface area contributed by atoms with E-state index in [-0.39, 0.29) is 18.8 Å². The molecule has 138 valence electrons. The van der Waals surface area contributed by atoms with E-state index in [4.69, 9.17) is 0 Å². The zero-order valence-corrected chi connectivity index (χ0v) is 13.5. The highest BCUT2D eigenvalue weighted by Crippen LogP contribution is 2.31. The van der Waals surface area contributed by atoms with E-state index in [1.54, 1.807) is 6.92 Å². The zero-order chi connectivity index (χ0) is 19.1. The summed E-state index contributed by atoms with van der Waals surface area (Å²) in [6.07, 6.45) is -3.80. The van der Waals surface area contributed by atoms with E-state index < -0.39 is 35.7 Å². The lowest BCUT2D eigenvalue weighted by molar-refractivity contribution is -0.147. The first-order valence-corrected chi connectivity index (χ1v) is 7.66. The molecule has 2 amide bonds. The lowest BCUT2D eigenvalue weighted by Gasteiger charge is -2.34. The Morgan fingerprint density at radius 1 is 1.31 bits per heavy atom. The number of amides is 2. The summed E-state index contributed by atoms with van der Waals surface area (Å²) in [6, 6.07) is 4.42. The van der Waals surface area contributed by atoms with Crippen LogP contribution >= 0.6 is 0 Å². The van der Waals surface area contributed by atoms with Crippen LogP contribution in [0.2, 0.25) is 0 Å². The quantitative estimate of drug-likeness (QED) is 0.845. The lowest BCUT2D eigenvalue weighted by atomic mass is 10.2. The number of benzene rings is 1. The standard InChI is InChI=1S/C16H14F4N4O2/c1-9-7-24-12(6-21-15(24)16(18,19)20)14(26)23(9)8-13(25)22-11-4-2-10(17)3-5-11/h2-6,9H,7-8H2,1H3,(H,22,25). The van der Waals surface area contributed by atoms with Crippen LogP contribution in [0.15, 0.2) is 30.5 Å². The maximum Gasteiger partial charge on any atom is 0.449 e. The zero-order valence-electron chi connectivity index (χ0n) is 13.5. The van der Waals surface area contributed by atoms with Crippen molar-refractivity contribution >= 4 is 17.5 Å². The molecule has 0 bridgehead atoms. The summed E-state index contributed by atoms with van der Waals surface area (Å²) in [6.45, 7) is 1.08. The molecule has 1 aromatic carbocycles. The molecule has 6 nitrogen and oxygen atoms in total. The van der Waals surface area contributed by atoms with E-state index in [9.17, 15) is 27.2 Å². The van der Waals surface area contributed by atoms with Crippen molar-refractivity contribution in [2.75, 3.05) is 11.9 Å². The predicted molar refractivity (Wildman–Crippen MR) is 82.8 cm³/mol. The van der Waals surface area contributed by atoms with E-state index in [1.165, 1.54) is 29.2 Å². The van der Waals surface area contributed by atoms with Gasteiger partial charge in [-0.15, -0.1) is 0 Å². The molecule has 1 atom stereocenters. The lowest BCUT2D eigenvalue weighted by Crippen LogP contribution is -2.50. The van der Waals surface area contributed by atoms with E-state index in [0.717, 1.165) is 10.8 Å². The summed E-state index contributed by atoms with van der Waals surface area (Å²) in [5.74, 6) is -2.85. The van der Waals surface area contributed by atoms with Crippen LogP contribution in [0.5, 0.6) is 0 Å². The molecule has 1 aliphatic heterocycles. The minimum absolute atomic E-state index is 0.125. The van der Waals surface area contributed by atoms with E-state index in [1.807, 2.05) is 0 Å². The van der Waals surface area contributed by atoms with Crippen molar-refractivity contribution in [2.24, 2.45) is 0 Å². The van der Waals surface area contributed by atoms with Gasteiger partial charge in [0.2, 0.25) is 11.7 Å². The number of hydrogen-bond donors (Lipinski definition) is 1. The summed E-state index contributed by atoms with van der Waals surface area (Å²) >= 11 is 0. The Hall–Kier alpha value is -2.91. The van der Waals surface area contributed by atoms with E-state index >= 15 is 0 Å². The highest BCUT2D eigenvalue weighted by molar-refractivity contribution is 5.99. The van der Waals surface area contributed by atoms with Gasteiger partial charge in [0.1, 0.15) is 18.1 Å². The number of nitrogens with zero attached hydrogens (tertiary/aromatic N) is 3. The number of aromatic nitrogens is 2. The molecule has 10 heteroatoms. The van der Waals surface area contributed by atoms with Crippen molar-refractivity contribution < 1.29 is 27.2 Å². The topological polar surface area (TPSA) is 67.2 Å². The molecule has 2 heterocycles. The Bertz CT molecular complexity index is 845. The van der Waals surface area contributed by atoms with Gasteiger partial charge in [0, 0.05) is 18.3 Å². The van der Waals surface area contributed by atoms with Gasteiger partial charge in [0.25, 0.3) is 5.91 Å². The summed E-state index contributed by atoms with van der Waals surface area (Å²) in [5.41, 5.74) is 0.128. The van der Waals surface area contributed by atoms with E-state index in [2.05, 4.69) is 10.3 Å². The van der Waals surface area contributed by atoms with Gasteiger partial charge in [0.15, 0.2) is 0 Å². The van der Waals surface area contributed by atoms with Crippen LogP contribution in [0.1, 0.15) is 23.2 Å². The maximum absolute atomic E-state index is 12.9. The van der Waals surface area contributed by atoms with Crippen LogP contribution in [0, 0.1) is 5.82 Å². The summed E-state index contributed by atoms with van der Waals surface area (Å²) in [4.78, 5) is 29.1. The first-order valence-electron chi connectivity index (χ1n) is 7.66. The molecule has 0 saturated heterocycles. The number of alkyl halides is 3. The number of carbonyl (C=O) groups is 2. The van der Waals surface area contributed by atoms with Crippen LogP contribution in [0.4, 0.5) is 23.2 Å². The van der Waals surface area contributed by atoms with Crippen molar-refractivity contribution in [2.45, 2.75) is 25.7 Å². The molecule has 0 radical (unpaired) electrons. The SMILES string of the molecule is CC1Cn2c(cnc2C(F)(F)F)C(=O)N1CC(=O)Nc1ccc(F)cc1. The smallest absolute Gasteiger partial charge is 0.325 e. The monoisotopic (exact) mass is 370 g/mol. The molecule has 1 aliphatic rings. The summed E-state index contributed by atoms with van der Waals surface area (Å²) < 4.78 is 52.5. The van der Waals surface area contributed by atoms with Crippen LogP contribution in [0.25, 0.3) is 0 Å². The fraction of sp³-hybridized carbons (Fsp3) is 0.312. The third-order valence-electron chi connectivity index (χ3n) is 4.01. The number of nitrogens with one attached hydrogen (secondary N) is 1. The number of anilines is 1. The first-order chi connectivity index (χ1) is 12.2. The first kappa shape index (κ1) is 17.9. The van der Waals surface area contributed by atoms with Gasteiger partial charge in [-0.3, -0.25) is 9.59 Å². The largest absolute Gasteiger partial charge is 0.449 e. The van der Waals surface area contributed by atoms with Crippen LogP contribution in [0.3, 0.4) is 0 Å². The molecule has 0 spiro atoms. The molecule has 1 aromatic heterocycles. The average Bonchev–Trinajstić information content (AvgIpc) is 2.97. The van der Waals surface area contributed by atoms with Gasteiger partial charge in [-0.25, -0.2) is 9.37 Å². The summed E-state index contributed by atoms with van der Waals surface area (Å²) in [5, 5.41) is 2.51. The van der Waals surface area contributed by atoms with Crippen molar-refractivity contribution in [1.82, 2.24) is 14.5 Å². The number of imidazole rings is 1. The van der Waals surface area contributed by atoms with Gasteiger partial charge >= 0.3 is 6.18 Å². The molecule has 1 unspecified atom stereocenters. The van der Waals surface area contributed by atoms with Crippen LogP contribution in [-0.2, 0) is 17.5 Å². The molecular weight excluding hydrogens is 356 g/mol. The van der Waals surface area contributed by atoms with Crippen molar-refractivity contribution in [3.63, 3.8) is 0 Å². The van der Waals surface area contributed by atoms with Crippen molar-refractivity contribution in [1.29, 1.82) is 0 Å². The van der Waals surface area contributed by atoms with Crippen LogP contribution < -0.4 is 5.32 Å². The fourth-order valence-electron chi connectivity index (χ4n) is 2.78. The Morgan fingerprint density at radius 3 is 2.58 bits per heavy atom. The maximum atomic E-state index is 12.9. The Balaban J connectivity index is 1.75. The molecule has 2 aromatic rings. The molecular formula is C16H14F4N4O2. The molecule has 0 aliphatic carbocycles. The molecule has 3 rings (SSSR count). The number of halogens is 4. The summed E-state index contributed by atoms with van der Waals surface area (Å²) in [7, 11) is 0. The van der Waals surface area contributed by atoms with Crippen molar-refractivity contribution in [3.05, 3.63) is 47.8 Å². The molecule has 1 N–H and O–H groups in total. The Labute approximate surface area is 145 Å². The van der Waals surface area contributed by atoms with Gasteiger partial charge in [-0.05, 0) is 31.2 Å². The van der Waals surface area contributed by atoms with Gasteiger partial charge in [-0.1, -0.05) is 0 Å². The normalized spacial score (nSPS) is 17.2. The van der Waals surface area contributed by atoms with Crippen LogP contribution in [-0.4, -0.2) is 38.9 Å². The number of carbonyl (C=O) groups excluding carboxylic acids is 2. The fourth-order valence-corrected chi connectivity index (χ4v) is 2.78. The number of hydrogen-bond acceptors (Lipinski definition) is 3. The second-order valence-corrected chi connectivity index (χ2v) is 5.91.